The van der Waals surface area contributed by atoms with Gasteiger partial charge in [0, 0.05) is 23.6 Å². The van der Waals surface area contributed by atoms with Crippen LogP contribution in [0.15, 0.2) is 24.5 Å². The van der Waals surface area contributed by atoms with E-state index in [2.05, 4.69) is 15.4 Å². The number of anilines is 1. The average Bonchev–Trinajstić information content (AvgIpc) is 2.88. The van der Waals surface area contributed by atoms with Crippen molar-refractivity contribution in [3.63, 3.8) is 0 Å². The maximum atomic E-state index is 12.6. The van der Waals surface area contributed by atoms with E-state index in [4.69, 9.17) is 11.6 Å². The van der Waals surface area contributed by atoms with Gasteiger partial charge in [-0.25, -0.2) is 18.4 Å². The van der Waals surface area contributed by atoms with Crippen LogP contribution in [0.1, 0.15) is 13.5 Å². The summed E-state index contributed by atoms with van der Waals surface area (Å²) < 4.78 is 50.8. The Balaban J connectivity index is 2.38. The van der Waals surface area contributed by atoms with Crippen molar-refractivity contribution in [1.82, 2.24) is 14.8 Å². The fourth-order valence-electron chi connectivity index (χ4n) is 1.65. The van der Waals surface area contributed by atoms with Gasteiger partial charge in [-0.15, -0.1) is 0 Å². The minimum Gasteiger partial charge on any atom is -0.376 e. The highest BCUT2D eigenvalue weighted by molar-refractivity contribution is 6.29. The van der Waals surface area contributed by atoms with Crippen molar-refractivity contribution < 1.29 is 17.6 Å². The highest BCUT2D eigenvalue weighted by Crippen LogP contribution is 2.29. The molecule has 0 fully saturated rings. The molecule has 9 heteroatoms. The summed E-state index contributed by atoms with van der Waals surface area (Å²) in [7, 11) is 0. The first-order valence-corrected chi connectivity index (χ1v) is 6.30. The van der Waals surface area contributed by atoms with Gasteiger partial charge in [0.05, 0.1) is 11.7 Å². The summed E-state index contributed by atoms with van der Waals surface area (Å²) in [6.07, 6.45) is -0.209. The second kappa shape index (κ2) is 6.30. The lowest BCUT2D eigenvalue weighted by Gasteiger charge is -2.16. The molecule has 114 valence electrons. The molecule has 0 saturated heterocycles. The van der Waals surface area contributed by atoms with Gasteiger partial charge in [0.1, 0.15) is 5.15 Å². The van der Waals surface area contributed by atoms with E-state index in [9.17, 15) is 17.6 Å². The van der Waals surface area contributed by atoms with E-state index in [0.29, 0.717) is 10.2 Å². The van der Waals surface area contributed by atoms with Gasteiger partial charge in [0.2, 0.25) is 0 Å². The van der Waals surface area contributed by atoms with Crippen LogP contribution < -0.4 is 5.32 Å². The van der Waals surface area contributed by atoms with Crippen molar-refractivity contribution in [2.45, 2.75) is 25.9 Å². The largest absolute Gasteiger partial charge is 0.376 e. The molecule has 0 saturated carbocycles. The van der Waals surface area contributed by atoms with Crippen LogP contribution >= 0.6 is 11.6 Å². The van der Waals surface area contributed by atoms with E-state index < -0.39 is 19.0 Å². The summed E-state index contributed by atoms with van der Waals surface area (Å²) in [6, 6.07) is 1.55. The summed E-state index contributed by atoms with van der Waals surface area (Å²) in [5.41, 5.74) is 0.747. The highest BCUT2D eigenvalue weighted by Gasteiger charge is 2.18. The number of pyridine rings is 1. The third kappa shape index (κ3) is 3.63. The number of halogens is 5. The van der Waals surface area contributed by atoms with E-state index in [-0.39, 0.29) is 16.5 Å². The molecule has 1 unspecified atom stereocenters. The van der Waals surface area contributed by atoms with Gasteiger partial charge >= 0.3 is 6.55 Å². The molecule has 0 aliphatic heterocycles. The van der Waals surface area contributed by atoms with E-state index in [1.807, 2.05) is 0 Å². The molecule has 0 aliphatic rings. The van der Waals surface area contributed by atoms with Crippen molar-refractivity contribution in [2.24, 2.45) is 0 Å². The van der Waals surface area contributed by atoms with Crippen LogP contribution in [-0.2, 0) is 0 Å². The Morgan fingerprint density at radius 3 is 2.57 bits per heavy atom. The fraction of sp³-hybridized carbons (Fsp3) is 0.333. The number of aromatic nitrogens is 3. The Morgan fingerprint density at radius 1 is 1.29 bits per heavy atom. The SMILES string of the molecule is CC(Nc1cc(Cl)ncc1-c1ccn(C(F)F)n1)C(F)F. The van der Waals surface area contributed by atoms with E-state index in [1.165, 1.54) is 25.3 Å². The van der Waals surface area contributed by atoms with Crippen molar-refractivity contribution in [1.29, 1.82) is 0 Å². The molecule has 2 aromatic rings. The molecule has 0 aliphatic carbocycles. The molecule has 21 heavy (non-hydrogen) atoms. The zero-order valence-corrected chi connectivity index (χ0v) is 11.5. The lowest BCUT2D eigenvalue weighted by Crippen LogP contribution is -2.24. The lowest BCUT2D eigenvalue weighted by molar-refractivity contribution is 0.0568. The van der Waals surface area contributed by atoms with E-state index in [1.54, 1.807) is 0 Å². The Kier molecular flexibility index (Phi) is 4.66. The topological polar surface area (TPSA) is 42.7 Å². The first kappa shape index (κ1) is 15.6. The molecule has 2 heterocycles. The zero-order chi connectivity index (χ0) is 15.6. The van der Waals surface area contributed by atoms with Crippen LogP contribution in [0, 0.1) is 0 Å². The predicted octanol–water partition coefficient (Wildman–Crippen LogP) is 4.06. The number of alkyl halides is 4. The first-order valence-electron chi connectivity index (χ1n) is 5.92. The Bertz CT molecular complexity index is 617. The summed E-state index contributed by atoms with van der Waals surface area (Å²) in [4.78, 5) is 3.82. The fourth-order valence-corrected chi connectivity index (χ4v) is 1.81. The molecule has 0 aromatic carbocycles. The minimum absolute atomic E-state index is 0.0935. The molecule has 0 bridgehead atoms. The predicted molar refractivity (Wildman–Crippen MR) is 70.8 cm³/mol. The molecule has 2 rings (SSSR count). The maximum absolute atomic E-state index is 12.6. The summed E-state index contributed by atoms with van der Waals surface area (Å²) in [5, 5.41) is 6.35. The first-order chi connectivity index (χ1) is 9.88. The van der Waals surface area contributed by atoms with Crippen LogP contribution in [0.4, 0.5) is 23.2 Å². The summed E-state index contributed by atoms with van der Waals surface area (Å²) in [5.74, 6) is 0. The van der Waals surface area contributed by atoms with Gasteiger partial charge in [-0.05, 0) is 19.1 Å². The van der Waals surface area contributed by atoms with Gasteiger partial charge in [0.25, 0.3) is 6.43 Å². The second-order valence-electron chi connectivity index (χ2n) is 4.28. The molecule has 4 nitrogen and oxygen atoms in total. The second-order valence-corrected chi connectivity index (χ2v) is 4.67. The minimum atomic E-state index is -2.78. The van der Waals surface area contributed by atoms with Crippen molar-refractivity contribution >= 4 is 17.3 Å². The number of nitrogens with one attached hydrogen (secondary N) is 1. The summed E-state index contributed by atoms with van der Waals surface area (Å²) in [6.45, 7) is -1.49. The van der Waals surface area contributed by atoms with Crippen LogP contribution in [0.2, 0.25) is 5.15 Å². The smallest absolute Gasteiger partial charge is 0.333 e. The zero-order valence-electron chi connectivity index (χ0n) is 10.8. The molecule has 1 atom stereocenters. The van der Waals surface area contributed by atoms with Crippen molar-refractivity contribution in [3.8, 4) is 11.3 Å². The van der Waals surface area contributed by atoms with Crippen LogP contribution in [-0.4, -0.2) is 27.2 Å². The monoisotopic (exact) mass is 322 g/mol. The highest BCUT2D eigenvalue weighted by atomic mass is 35.5. The third-order valence-electron chi connectivity index (χ3n) is 2.72. The quantitative estimate of drug-likeness (QED) is 0.667. The van der Waals surface area contributed by atoms with Gasteiger partial charge in [0.15, 0.2) is 0 Å². The Morgan fingerprint density at radius 2 is 2.00 bits per heavy atom. The number of nitrogens with zero attached hydrogens (tertiary/aromatic N) is 3. The molecule has 0 radical (unpaired) electrons. The van der Waals surface area contributed by atoms with Gasteiger partial charge in [-0.2, -0.15) is 13.9 Å². The average molecular weight is 323 g/mol. The normalized spacial score (nSPS) is 13.0. The number of hydrogen-bond donors (Lipinski definition) is 1. The van der Waals surface area contributed by atoms with Gasteiger partial charge < -0.3 is 5.32 Å². The molecular weight excluding hydrogens is 312 g/mol. The number of hydrogen-bond acceptors (Lipinski definition) is 3. The lowest BCUT2D eigenvalue weighted by atomic mass is 10.1. The molecule has 1 N–H and O–H groups in total. The maximum Gasteiger partial charge on any atom is 0.333 e. The van der Waals surface area contributed by atoms with Crippen molar-refractivity contribution in [2.75, 3.05) is 5.32 Å². The standard InChI is InChI=1S/C12H11ClF4N4/c1-6(11(14)15)19-9-4-10(13)18-5-7(9)8-2-3-21(20-8)12(16)17/h2-6,11-12H,1H3,(H,18,19). The van der Waals surface area contributed by atoms with Gasteiger partial charge in [-0.3, -0.25) is 0 Å². The van der Waals surface area contributed by atoms with E-state index in [0.717, 1.165) is 6.20 Å². The third-order valence-corrected chi connectivity index (χ3v) is 2.92. The Labute approximate surface area is 122 Å². The molecule has 0 amide bonds. The molecule has 2 aromatic heterocycles. The summed E-state index contributed by atoms with van der Waals surface area (Å²) >= 11 is 5.74. The molecule has 0 spiro atoms. The Hall–Kier alpha value is -1.83. The van der Waals surface area contributed by atoms with Crippen LogP contribution in [0.3, 0.4) is 0 Å². The van der Waals surface area contributed by atoms with Crippen LogP contribution in [0.25, 0.3) is 11.3 Å². The number of rotatable bonds is 5. The van der Waals surface area contributed by atoms with Crippen molar-refractivity contribution in [3.05, 3.63) is 29.7 Å². The van der Waals surface area contributed by atoms with Gasteiger partial charge in [-0.1, -0.05) is 11.6 Å². The van der Waals surface area contributed by atoms with Crippen LogP contribution in [0.5, 0.6) is 0 Å². The van der Waals surface area contributed by atoms with E-state index >= 15 is 0 Å². The molecular formula is C12H11ClF4N4.